The second kappa shape index (κ2) is 4.05. The maximum Gasteiger partial charge on any atom is 1.00 e. The number of hydrogen-bond donors (Lipinski definition) is 0. The zero-order valence-corrected chi connectivity index (χ0v) is 10.5. The van der Waals surface area contributed by atoms with Gasteiger partial charge in [-0.2, -0.15) is 30.7 Å². The van der Waals surface area contributed by atoms with Gasteiger partial charge in [-0.05, 0) is 0 Å². The molecule has 1 aliphatic rings. The number of hydrogen-bond acceptors (Lipinski definition) is 3. The molecule has 0 aromatic rings. The fourth-order valence-corrected chi connectivity index (χ4v) is 0.859. The topological polar surface area (TPSA) is 49.4 Å². The van der Waals surface area contributed by atoms with E-state index in [1.807, 2.05) is 0 Å². The summed E-state index contributed by atoms with van der Waals surface area (Å²) in [6.07, 6.45) is -5.94. The van der Waals surface area contributed by atoms with Crippen LogP contribution in [0.25, 0.3) is 0 Å². The molecule has 0 aromatic heterocycles. The number of halogens is 7. The number of carbonyl (C=O) groups is 1. The fraction of sp³-hybridized carbons (Fsp3) is 0.800. The van der Waals surface area contributed by atoms with E-state index in [0.717, 1.165) is 0 Å². The van der Waals surface area contributed by atoms with Crippen molar-refractivity contribution >= 4 is 5.97 Å². The molecule has 0 radical (unpaired) electrons. The molecule has 0 N–H and O–H groups in total. The summed E-state index contributed by atoms with van der Waals surface area (Å²) in [5.41, 5.74) is 0. The Kier molecular flexibility index (Phi) is 4.20. The van der Waals surface area contributed by atoms with Gasteiger partial charge >= 0.3 is 75.2 Å². The van der Waals surface area contributed by atoms with Gasteiger partial charge in [0.25, 0.3) is 0 Å². The van der Waals surface area contributed by atoms with Crippen LogP contribution in [-0.4, -0.2) is 29.8 Å². The van der Waals surface area contributed by atoms with Crippen LogP contribution in [0, 0.1) is 0 Å². The molecule has 3 nitrogen and oxygen atoms in total. The first kappa shape index (κ1) is 16.6. The molecule has 1 aliphatic heterocycles. The van der Waals surface area contributed by atoms with Gasteiger partial charge in [-0.15, -0.1) is 0 Å². The van der Waals surface area contributed by atoms with Crippen LogP contribution >= 0.6 is 0 Å². The van der Waals surface area contributed by atoms with E-state index in [0.29, 0.717) is 0 Å². The monoisotopic (exact) mass is 280 g/mol. The Morgan fingerprint density at radius 2 is 1.31 bits per heavy atom. The summed E-state index contributed by atoms with van der Waals surface area (Å²) in [4.78, 5) is 9.76. The predicted molar refractivity (Wildman–Crippen MR) is 24.8 cm³/mol. The third kappa shape index (κ3) is 1.72. The molecule has 1 saturated heterocycles. The van der Waals surface area contributed by atoms with Crippen LogP contribution in [0.1, 0.15) is 0 Å². The molecule has 0 aromatic carbocycles. The molecule has 1 rings (SSSR count). The third-order valence-electron chi connectivity index (χ3n) is 1.70. The molecule has 1 atom stereocenters. The minimum absolute atomic E-state index is 0. The number of rotatable bonds is 1. The SMILES string of the molecule is O=C([O-])C1(F)OC(F)(F)C(F)(F)C1(F)F.[K+]. The van der Waals surface area contributed by atoms with Crippen molar-refractivity contribution in [2.45, 2.75) is 23.8 Å². The minimum atomic E-state index is -6.28. The molecule has 0 spiro atoms. The average Bonchev–Trinajstić information content (AvgIpc) is 2.09. The van der Waals surface area contributed by atoms with Crippen LogP contribution < -0.4 is 56.5 Å². The number of carboxylic acids is 1. The second-order valence-electron chi connectivity index (χ2n) is 2.65. The molecule has 1 heterocycles. The maximum absolute atomic E-state index is 12.6. The van der Waals surface area contributed by atoms with Crippen molar-refractivity contribution in [2.75, 3.05) is 0 Å². The largest absolute Gasteiger partial charge is 1.00 e. The summed E-state index contributed by atoms with van der Waals surface area (Å²) in [5.74, 6) is -21.6. The number of alkyl halides is 7. The van der Waals surface area contributed by atoms with Crippen molar-refractivity contribution in [3.8, 4) is 0 Å². The van der Waals surface area contributed by atoms with Crippen LogP contribution in [0.3, 0.4) is 0 Å². The summed E-state index contributed by atoms with van der Waals surface area (Å²) in [6, 6.07) is 0. The van der Waals surface area contributed by atoms with E-state index in [2.05, 4.69) is 4.74 Å². The van der Waals surface area contributed by atoms with Crippen molar-refractivity contribution in [2.24, 2.45) is 0 Å². The zero-order valence-electron chi connectivity index (χ0n) is 7.37. The van der Waals surface area contributed by atoms with E-state index in [4.69, 9.17) is 0 Å². The Balaban J connectivity index is 0.00000225. The van der Waals surface area contributed by atoms with Gasteiger partial charge in [-0.25, -0.2) is 0 Å². The Bertz CT molecular complexity index is 319. The number of carboxylic acid groups (broad SMARTS) is 1. The first-order chi connectivity index (χ1) is 6.40. The molecule has 11 heteroatoms. The van der Waals surface area contributed by atoms with Crippen molar-refractivity contribution in [1.82, 2.24) is 0 Å². The Hall–Kier alpha value is 0.576. The molecule has 1 fully saturated rings. The third-order valence-corrected chi connectivity index (χ3v) is 1.70. The fourth-order valence-electron chi connectivity index (χ4n) is 0.859. The molecule has 0 saturated carbocycles. The van der Waals surface area contributed by atoms with Crippen LogP contribution in [0.2, 0.25) is 0 Å². The Labute approximate surface area is 125 Å². The number of ether oxygens (including phenoxy) is 1. The van der Waals surface area contributed by atoms with E-state index >= 15 is 0 Å². The predicted octanol–water partition coefficient (Wildman–Crippen LogP) is -2.70. The van der Waals surface area contributed by atoms with Crippen molar-refractivity contribution in [3.63, 3.8) is 0 Å². The number of carbonyl (C=O) groups excluding carboxylic acids is 1. The number of aliphatic carboxylic acids is 1. The van der Waals surface area contributed by atoms with Crippen molar-refractivity contribution in [1.29, 1.82) is 0 Å². The van der Waals surface area contributed by atoms with Gasteiger partial charge in [0.1, 0.15) is 5.97 Å². The van der Waals surface area contributed by atoms with Crippen LogP contribution in [0.5, 0.6) is 0 Å². The molecule has 0 bridgehead atoms. The van der Waals surface area contributed by atoms with Crippen molar-refractivity contribution in [3.05, 3.63) is 0 Å². The van der Waals surface area contributed by atoms with Crippen molar-refractivity contribution < 1.29 is 96.8 Å². The quantitative estimate of drug-likeness (QED) is 0.388. The first-order valence-electron chi connectivity index (χ1n) is 3.14. The molecule has 0 amide bonds. The van der Waals surface area contributed by atoms with E-state index in [1.165, 1.54) is 0 Å². The molecular weight excluding hydrogens is 280 g/mol. The van der Waals surface area contributed by atoms with E-state index in [-0.39, 0.29) is 51.4 Å². The van der Waals surface area contributed by atoms with Gasteiger partial charge in [0, 0.05) is 0 Å². The van der Waals surface area contributed by atoms with Crippen LogP contribution in [-0.2, 0) is 9.53 Å². The normalized spacial score (nSPS) is 34.2. The van der Waals surface area contributed by atoms with E-state index in [9.17, 15) is 40.6 Å². The average molecular weight is 280 g/mol. The van der Waals surface area contributed by atoms with Gasteiger partial charge in [0.2, 0.25) is 0 Å². The summed E-state index contributed by atoms with van der Waals surface area (Å²) >= 11 is 0. The molecule has 1 unspecified atom stereocenters. The summed E-state index contributed by atoms with van der Waals surface area (Å²) in [7, 11) is 0. The Morgan fingerprint density at radius 1 is 0.938 bits per heavy atom. The molecule has 16 heavy (non-hydrogen) atoms. The summed E-state index contributed by atoms with van der Waals surface area (Å²) < 4.78 is 88.2. The first-order valence-corrected chi connectivity index (χ1v) is 3.14. The smallest absolute Gasteiger partial charge is 0.544 e. The minimum Gasteiger partial charge on any atom is -0.544 e. The molecule has 88 valence electrons. The maximum atomic E-state index is 12.6. The van der Waals surface area contributed by atoms with E-state index < -0.39 is 29.8 Å². The standard InChI is InChI=1S/C5HF7O3.K/c6-2(1(13)14)3(7,8)4(9,10)5(11,12)15-2;/h(H,13,14);/q;+1/p-1. The molecule has 0 aliphatic carbocycles. The van der Waals surface area contributed by atoms with E-state index in [1.54, 1.807) is 0 Å². The summed E-state index contributed by atoms with van der Waals surface area (Å²) in [6.45, 7) is 0. The van der Waals surface area contributed by atoms with Gasteiger partial charge < -0.3 is 9.90 Å². The Morgan fingerprint density at radius 3 is 1.44 bits per heavy atom. The second-order valence-corrected chi connectivity index (χ2v) is 2.65. The van der Waals surface area contributed by atoms with Crippen LogP contribution in [0.4, 0.5) is 30.7 Å². The van der Waals surface area contributed by atoms with Gasteiger partial charge in [-0.1, -0.05) is 0 Å². The van der Waals surface area contributed by atoms with Gasteiger partial charge in [-0.3, -0.25) is 4.74 Å². The van der Waals surface area contributed by atoms with Crippen LogP contribution in [0.15, 0.2) is 0 Å². The van der Waals surface area contributed by atoms with Gasteiger partial charge in [0.05, 0.1) is 0 Å². The molecular formula is C5F7KO3. The summed E-state index contributed by atoms with van der Waals surface area (Å²) in [5, 5.41) is 9.76. The van der Waals surface area contributed by atoms with Gasteiger partial charge in [0.15, 0.2) is 0 Å². The zero-order chi connectivity index (χ0) is 12.3.